The van der Waals surface area contributed by atoms with E-state index in [-0.39, 0.29) is 5.91 Å². The van der Waals surface area contributed by atoms with Gasteiger partial charge in [-0.25, -0.2) is 9.97 Å². The smallest absolute Gasteiger partial charge is 0.263 e. The lowest BCUT2D eigenvalue weighted by molar-refractivity contribution is 0.0985. The number of carbonyl (C=O) groups is 1. The molecule has 0 aliphatic carbocycles. The number of hydrogen-bond donors (Lipinski definition) is 2. The molecule has 0 bridgehead atoms. The van der Waals surface area contributed by atoms with Gasteiger partial charge in [-0.05, 0) is 48.4 Å². The van der Waals surface area contributed by atoms with E-state index in [1.165, 1.54) is 22.9 Å². The first-order chi connectivity index (χ1) is 15.5. The molecule has 2 aliphatic rings. The first-order valence-electron chi connectivity index (χ1n) is 9.84. The average molecular weight is 483 g/mol. The van der Waals surface area contributed by atoms with Gasteiger partial charge in [0.25, 0.3) is 5.91 Å². The van der Waals surface area contributed by atoms with E-state index in [4.69, 9.17) is 23.2 Å². The Morgan fingerprint density at radius 2 is 2.06 bits per heavy atom. The fourth-order valence-electron chi connectivity index (χ4n) is 3.83. The van der Waals surface area contributed by atoms with Crippen molar-refractivity contribution in [3.63, 3.8) is 0 Å². The molecule has 1 amide bonds. The van der Waals surface area contributed by atoms with Crippen LogP contribution in [0.5, 0.6) is 0 Å². The standard InChI is InChI=1S/C22H16Cl2N6OS/c23-17-2-1-3-18(24)19(17)30-11-32-20-16(21(30)31)10-27-22(29-20)28-14-6-12-4-5-26-9-15(12)13(7-14)8-25/h1-3,6-7,10,26H,4-5,9,11H2,(H,27,28,29). The zero-order valence-corrected chi connectivity index (χ0v) is 19.0. The molecule has 32 heavy (non-hydrogen) atoms. The summed E-state index contributed by atoms with van der Waals surface area (Å²) in [6.07, 6.45) is 2.36. The van der Waals surface area contributed by atoms with Crippen LogP contribution in [0.15, 0.2) is 41.6 Å². The van der Waals surface area contributed by atoms with E-state index >= 15 is 0 Å². The Balaban J connectivity index is 1.43. The molecular formula is C22H16Cl2N6OS. The average Bonchev–Trinajstić information content (AvgIpc) is 2.80. The molecule has 2 aromatic carbocycles. The molecule has 0 atom stereocenters. The Hall–Kier alpha value is -2.83. The molecule has 7 nitrogen and oxygen atoms in total. The summed E-state index contributed by atoms with van der Waals surface area (Å²) in [5, 5.41) is 17.4. The van der Waals surface area contributed by atoms with Crippen LogP contribution in [0, 0.1) is 11.3 Å². The molecule has 0 spiro atoms. The number of thioether (sulfide) groups is 1. The van der Waals surface area contributed by atoms with Gasteiger partial charge in [0.1, 0.15) is 5.03 Å². The SMILES string of the molecule is N#Cc1cc(Nc2ncc3c(n2)SCN(c2c(Cl)cccc2Cl)C3=O)cc2c1CNCC2. The van der Waals surface area contributed by atoms with Crippen LogP contribution in [0.1, 0.15) is 27.0 Å². The van der Waals surface area contributed by atoms with Gasteiger partial charge in [0, 0.05) is 18.4 Å². The maximum absolute atomic E-state index is 13.1. The minimum atomic E-state index is -0.256. The summed E-state index contributed by atoms with van der Waals surface area (Å²) in [4.78, 5) is 23.5. The number of amides is 1. The molecule has 2 aliphatic heterocycles. The molecule has 0 radical (unpaired) electrons. The lowest BCUT2D eigenvalue weighted by Crippen LogP contribution is -2.35. The topological polar surface area (TPSA) is 93.9 Å². The molecule has 1 aromatic heterocycles. The molecule has 2 N–H and O–H groups in total. The largest absolute Gasteiger partial charge is 0.324 e. The molecule has 3 heterocycles. The van der Waals surface area contributed by atoms with Crippen molar-refractivity contribution in [3.8, 4) is 6.07 Å². The quantitative estimate of drug-likeness (QED) is 0.519. The summed E-state index contributed by atoms with van der Waals surface area (Å²) in [7, 11) is 0. The molecule has 0 unspecified atom stereocenters. The van der Waals surface area contributed by atoms with Crippen LogP contribution in [-0.2, 0) is 13.0 Å². The number of hydrogen-bond acceptors (Lipinski definition) is 7. The highest BCUT2D eigenvalue weighted by Gasteiger charge is 2.30. The molecule has 0 fully saturated rings. The number of para-hydroxylation sites is 1. The van der Waals surface area contributed by atoms with Gasteiger partial charge < -0.3 is 10.6 Å². The van der Waals surface area contributed by atoms with Crippen molar-refractivity contribution in [1.29, 1.82) is 5.26 Å². The van der Waals surface area contributed by atoms with E-state index in [0.717, 1.165) is 29.8 Å². The van der Waals surface area contributed by atoms with Gasteiger partial charge >= 0.3 is 0 Å². The Bertz CT molecular complexity index is 1270. The van der Waals surface area contributed by atoms with E-state index in [9.17, 15) is 10.1 Å². The zero-order chi connectivity index (χ0) is 22.2. The molecule has 160 valence electrons. The summed E-state index contributed by atoms with van der Waals surface area (Å²) in [6.45, 7) is 1.57. The summed E-state index contributed by atoms with van der Waals surface area (Å²) >= 11 is 14.0. The van der Waals surface area contributed by atoms with E-state index in [1.54, 1.807) is 24.3 Å². The van der Waals surface area contributed by atoms with Crippen molar-refractivity contribution in [2.75, 3.05) is 22.6 Å². The Morgan fingerprint density at radius 3 is 2.84 bits per heavy atom. The second kappa shape index (κ2) is 8.60. The number of nitrogens with one attached hydrogen (secondary N) is 2. The fraction of sp³-hybridized carbons (Fsp3) is 0.182. The van der Waals surface area contributed by atoms with Crippen LogP contribution >= 0.6 is 35.0 Å². The number of anilines is 3. The highest BCUT2D eigenvalue weighted by molar-refractivity contribution is 7.99. The number of halogens is 2. The van der Waals surface area contributed by atoms with Crippen LogP contribution in [-0.4, -0.2) is 28.3 Å². The van der Waals surface area contributed by atoms with Crippen LogP contribution in [0.2, 0.25) is 10.0 Å². The predicted molar refractivity (Wildman–Crippen MR) is 126 cm³/mol. The zero-order valence-electron chi connectivity index (χ0n) is 16.7. The Labute approximate surface area is 198 Å². The minimum Gasteiger partial charge on any atom is -0.324 e. The fourth-order valence-corrected chi connectivity index (χ4v) is 5.37. The molecular weight excluding hydrogens is 467 g/mol. The van der Waals surface area contributed by atoms with Crippen LogP contribution < -0.4 is 15.5 Å². The number of aromatic nitrogens is 2. The van der Waals surface area contributed by atoms with Crippen molar-refractivity contribution in [2.45, 2.75) is 18.0 Å². The third-order valence-electron chi connectivity index (χ3n) is 5.36. The minimum absolute atomic E-state index is 0.256. The molecule has 10 heteroatoms. The Kier molecular flexibility index (Phi) is 5.66. The van der Waals surface area contributed by atoms with E-state index in [0.29, 0.717) is 50.3 Å². The van der Waals surface area contributed by atoms with Crippen LogP contribution in [0.3, 0.4) is 0 Å². The van der Waals surface area contributed by atoms with E-state index in [1.807, 2.05) is 6.07 Å². The lowest BCUT2D eigenvalue weighted by Gasteiger charge is -2.28. The monoisotopic (exact) mass is 482 g/mol. The van der Waals surface area contributed by atoms with Gasteiger partial charge in [-0.15, -0.1) is 0 Å². The third kappa shape index (κ3) is 3.78. The molecule has 3 aromatic rings. The predicted octanol–water partition coefficient (Wildman–Crippen LogP) is 4.75. The van der Waals surface area contributed by atoms with Gasteiger partial charge in [0.15, 0.2) is 0 Å². The van der Waals surface area contributed by atoms with Crippen molar-refractivity contribution < 1.29 is 4.79 Å². The first kappa shape index (κ1) is 21.0. The van der Waals surface area contributed by atoms with E-state index < -0.39 is 0 Å². The molecule has 5 rings (SSSR count). The maximum atomic E-state index is 13.1. The summed E-state index contributed by atoms with van der Waals surface area (Å²) in [5.74, 6) is 0.440. The third-order valence-corrected chi connectivity index (χ3v) is 6.94. The number of fused-ring (bicyclic) bond motifs is 2. The second-order valence-electron chi connectivity index (χ2n) is 7.31. The van der Waals surface area contributed by atoms with Gasteiger partial charge in [0.05, 0.1) is 38.8 Å². The number of carbonyl (C=O) groups excluding carboxylic acids is 1. The van der Waals surface area contributed by atoms with Gasteiger partial charge in [-0.1, -0.05) is 41.0 Å². The van der Waals surface area contributed by atoms with Crippen LogP contribution in [0.25, 0.3) is 0 Å². The van der Waals surface area contributed by atoms with Gasteiger partial charge in [-0.2, -0.15) is 5.26 Å². The Morgan fingerprint density at radius 1 is 1.25 bits per heavy atom. The number of benzene rings is 2. The summed E-state index contributed by atoms with van der Waals surface area (Å²) < 4.78 is 0. The van der Waals surface area contributed by atoms with Crippen LogP contribution in [0.4, 0.5) is 17.3 Å². The molecule has 0 saturated carbocycles. The second-order valence-corrected chi connectivity index (χ2v) is 9.06. The highest BCUT2D eigenvalue weighted by atomic mass is 35.5. The number of nitrogens with zero attached hydrogens (tertiary/aromatic N) is 4. The molecule has 0 saturated heterocycles. The van der Waals surface area contributed by atoms with Gasteiger partial charge in [0.2, 0.25) is 5.95 Å². The summed E-state index contributed by atoms with van der Waals surface area (Å²) in [6, 6.07) is 11.2. The van der Waals surface area contributed by atoms with Crippen molar-refractivity contribution in [2.24, 2.45) is 0 Å². The van der Waals surface area contributed by atoms with Crippen molar-refractivity contribution in [3.05, 3.63) is 68.8 Å². The number of rotatable bonds is 3. The van der Waals surface area contributed by atoms with E-state index in [2.05, 4.69) is 26.7 Å². The number of nitriles is 1. The highest BCUT2D eigenvalue weighted by Crippen LogP contribution is 2.39. The lowest BCUT2D eigenvalue weighted by atomic mass is 9.95. The van der Waals surface area contributed by atoms with Crippen molar-refractivity contribution in [1.82, 2.24) is 15.3 Å². The van der Waals surface area contributed by atoms with Gasteiger partial charge in [-0.3, -0.25) is 9.69 Å². The summed E-state index contributed by atoms with van der Waals surface area (Å²) in [5.41, 5.74) is 4.42. The normalized spacial score (nSPS) is 15.0. The maximum Gasteiger partial charge on any atom is 0.263 e. The van der Waals surface area contributed by atoms with Crippen molar-refractivity contribution >= 4 is 58.2 Å². The first-order valence-corrected chi connectivity index (χ1v) is 11.6.